The minimum atomic E-state index is 0.757. The molecular weight excluding hydrogens is 1750 g/mol. The molecule has 0 atom stereocenters. The highest BCUT2D eigenvalue weighted by atomic mass is 16.5. The molecule has 7 heteroatoms. The summed E-state index contributed by atoms with van der Waals surface area (Å²) in [6, 6.07) is 183. The van der Waals surface area contributed by atoms with Crippen LogP contribution < -0.4 is 33.2 Å². The van der Waals surface area contributed by atoms with Gasteiger partial charge >= 0.3 is 0 Å². The lowest BCUT2D eigenvalue weighted by atomic mass is 9.94. The third-order valence-corrected chi connectivity index (χ3v) is 24.6. The molecule has 0 heterocycles. The van der Waals surface area contributed by atoms with E-state index in [1.165, 1.54) is 89.1 Å². The first-order valence-electron chi connectivity index (χ1n) is 47.8. The topological polar surface area (TPSA) is 64.6 Å². The van der Waals surface area contributed by atoms with Gasteiger partial charge in [0.25, 0.3) is 0 Å². The van der Waals surface area contributed by atoms with E-state index in [4.69, 9.17) is 33.2 Å². The third kappa shape index (κ3) is 25.8. The van der Waals surface area contributed by atoms with Crippen LogP contribution in [0.2, 0.25) is 0 Å². The van der Waals surface area contributed by atoms with Crippen LogP contribution in [-0.4, -0.2) is 28.4 Å². The summed E-state index contributed by atoms with van der Waals surface area (Å²) in [4.78, 5) is 0. The molecule has 692 valence electrons. The van der Waals surface area contributed by atoms with Gasteiger partial charge in [-0.05, 0) is 314 Å². The van der Waals surface area contributed by atoms with E-state index in [1.807, 2.05) is 158 Å². The number of rotatable bonds is 30. The SMILES string of the molecule is C(=C(c1ccccc1)c1ccc(-c2ccccc2)cc1)c1ccc(Oc2ccc(C=C(c3ccccc3)c3ccc(-c4ccccc4)cc3)cc2)cc1.C(=C(c1ccccc1)c1ccccc1)c1ccc(Oc2ccc(C=C(c3ccccc3)c3ccccc3)cc2)cc1.COc1ccc(C(=Cc2ccc(Oc3ccc(C=C(c4ccc(OC)cc4)c4ccc(OC)cc4)cc3)cc2)c2ccc(OC)cc2)cc1. The van der Waals surface area contributed by atoms with Gasteiger partial charge in [-0.1, -0.05) is 413 Å². The Hall–Kier alpha value is -18.6. The molecular formula is C136H106O7. The van der Waals surface area contributed by atoms with Crippen LogP contribution in [0.5, 0.6) is 57.5 Å². The Morgan fingerprint density at radius 3 is 0.385 bits per heavy atom. The van der Waals surface area contributed by atoms with Crippen molar-refractivity contribution in [2.45, 2.75) is 0 Å². The summed E-state index contributed by atoms with van der Waals surface area (Å²) in [5.41, 5.74) is 32.1. The molecule has 0 fully saturated rings. The number of ether oxygens (including phenoxy) is 7. The molecule has 0 amide bonds. The van der Waals surface area contributed by atoms with E-state index in [-0.39, 0.29) is 0 Å². The second kappa shape index (κ2) is 48.0. The zero-order chi connectivity index (χ0) is 97.4. The van der Waals surface area contributed by atoms with Crippen molar-refractivity contribution < 1.29 is 33.2 Å². The molecule has 0 saturated heterocycles. The molecule has 0 spiro atoms. The van der Waals surface area contributed by atoms with E-state index in [2.05, 4.69) is 413 Å². The first kappa shape index (κ1) is 94.8. The second-order valence-corrected chi connectivity index (χ2v) is 34.1. The van der Waals surface area contributed by atoms with Crippen LogP contribution in [0.15, 0.2) is 534 Å². The van der Waals surface area contributed by atoms with Crippen LogP contribution in [0.3, 0.4) is 0 Å². The Morgan fingerprint density at radius 2 is 0.238 bits per heavy atom. The third-order valence-electron chi connectivity index (χ3n) is 24.6. The van der Waals surface area contributed by atoms with Gasteiger partial charge in [-0.25, -0.2) is 0 Å². The molecule has 0 saturated carbocycles. The predicted octanol–water partition coefficient (Wildman–Crippen LogP) is 35.3. The maximum atomic E-state index is 6.31. The summed E-state index contributed by atoms with van der Waals surface area (Å²) in [6.45, 7) is 0. The van der Waals surface area contributed by atoms with Gasteiger partial charge in [0.15, 0.2) is 0 Å². The van der Waals surface area contributed by atoms with Crippen LogP contribution in [0.4, 0.5) is 0 Å². The summed E-state index contributed by atoms with van der Waals surface area (Å²) < 4.78 is 40.3. The van der Waals surface area contributed by atoms with E-state index in [9.17, 15) is 0 Å². The predicted molar refractivity (Wildman–Crippen MR) is 595 cm³/mol. The zero-order valence-electron chi connectivity index (χ0n) is 80.1. The zero-order valence-corrected chi connectivity index (χ0v) is 80.1. The Morgan fingerprint density at radius 1 is 0.119 bits per heavy atom. The van der Waals surface area contributed by atoms with Crippen molar-refractivity contribution in [2.24, 2.45) is 0 Å². The van der Waals surface area contributed by atoms with Crippen molar-refractivity contribution in [3.05, 3.63) is 634 Å². The monoisotopic (exact) mass is 1850 g/mol. The Bertz CT molecular complexity index is 6990. The molecule has 0 aromatic heterocycles. The molecule has 20 aromatic carbocycles. The molecule has 7 nitrogen and oxygen atoms in total. The van der Waals surface area contributed by atoms with Gasteiger partial charge in [0.2, 0.25) is 0 Å². The number of hydrogen-bond donors (Lipinski definition) is 0. The van der Waals surface area contributed by atoms with Gasteiger partial charge in [0.1, 0.15) is 57.5 Å². The lowest BCUT2D eigenvalue weighted by Gasteiger charge is -2.12. The molecule has 0 aliphatic heterocycles. The van der Waals surface area contributed by atoms with Crippen LogP contribution >= 0.6 is 0 Å². The minimum absolute atomic E-state index is 0.757. The molecule has 0 aliphatic carbocycles. The molecule has 143 heavy (non-hydrogen) atoms. The fourth-order valence-corrected chi connectivity index (χ4v) is 16.9. The first-order chi connectivity index (χ1) is 70.6. The van der Waals surface area contributed by atoms with E-state index in [1.54, 1.807) is 28.4 Å². The lowest BCUT2D eigenvalue weighted by molar-refractivity contribution is 0.414. The smallest absolute Gasteiger partial charge is 0.127 e. The number of benzene rings is 20. The van der Waals surface area contributed by atoms with Crippen LogP contribution in [0, 0.1) is 0 Å². The molecule has 0 bridgehead atoms. The highest BCUT2D eigenvalue weighted by Gasteiger charge is 2.16. The van der Waals surface area contributed by atoms with Crippen molar-refractivity contribution in [1.82, 2.24) is 0 Å². The normalized spacial score (nSPS) is 10.9. The Balaban J connectivity index is 0.000000142. The lowest BCUT2D eigenvalue weighted by Crippen LogP contribution is -1.91. The van der Waals surface area contributed by atoms with Crippen LogP contribution in [-0.2, 0) is 0 Å². The maximum Gasteiger partial charge on any atom is 0.127 e. The number of hydrogen-bond acceptors (Lipinski definition) is 7. The molecule has 0 radical (unpaired) electrons. The molecule has 20 aromatic rings. The van der Waals surface area contributed by atoms with E-state index >= 15 is 0 Å². The summed E-state index contributed by atoms with van der Waals surface area (Å²) in [5.74, 6) is 7.99. The van der Waals surface area contributed by atoms with Crippen molar-refractivity contribution >= 4 is 69.9 Å². The maximum absolute atomic E-state index is 6.31. The fraction of sp³-hybridized carbons (Fsp3) is 0.0294. The summed E-state index contributed by atoms with van der Waals surface area (Å²) >= 11 is 0. The van der Waals surface area contributed by atoms with E-state index in [0.29, 0.717) is 0 Å². The fourth-order valence-electron chi connectivity index (χ4n) is 16.9. The van der Waals surface area contributed by atoms with Gasteiger partial charge in [0, 0.05) is 0 Å². The van der Waals surface area contributed by atoms with Gasteiger partial charge in [0.05, 0.1) is 28.4 Å². The van der Waals surface area contributed by atoms with E-state index in [0.717, 1.165) is 124 Å². The first-order valence-corrected chi connectivity index (χ1v) is 47.8. The van der Waals surface area contributed by atoms with E-state index < -0.39 is 0 Å². The average Bonchev–Trinajstić information content (AvgIpc) is 0.804. The molecule has 20 rings (SSSR count). The van der Waals surface area contributed by atoms with Crippen molar-refractivity contribution in [3.8, 4) is 79.7 Å². The second-order valence-electron chi connectivity index (χ2n) is 34.1. The van der Waals surface area contributed by atoms with Gasteiger partial charge in [-0.2, -0.15) is 0 Å². The molecule has 0 unspecified atom stereocenters. The van der Waals surface area contributed by atoms with Gasteiger partial charge in [-0.15, -0.1) is 0 Å². The minimum Gasteiger partial charge on any atom is -0.497 e. The summed E-state index contributed by atoms with van der Waals surface area (Å²) in [6.07, 6.45) is 13.3. The van der Waals surface area contributed by atoms with Gasteiger partial charge in [-0.3, -0.25) is 0 Å². The van der Waals surface area contributed by atoms with Crippen molar-refractivity contribution in [1.29, 1.82) is 0 Å². The molecule has 0 aliphatic rings. The highest BCUT2D eigenvalue weighted by molar-refractivity contribution is 5.97. The van der Waals surface area contributed by atoms with Crippen LogP contribution in [0.1, 0.15) is 100 Å². The summed E-state index contributed by atoms with van der Waals surface area (Å²) in [5, 5.41) is 0. The number of methoxy groups -OCH3 is 4. The van der Waals surface area contributed by atoms with Crippen molar-refractivity contribution in [3.63, 3.8) is 0 Å². The quantitative estimate of drug-likeness (QED) is 0.0416. The summed E-state index contributed by atoms with van der Waals surface area (Å²) in [7, 11) is 6.70. The van der Waals surface area contributed by atoms with Gasteiger partial charge < -0.3 is 33.2 Å². The van der Waals surface area contributed by atoms with Crippen molar-refractivity contribution in [2.75, 3.05) is 28.4 Å². The Labute approximate surface area is 839 Å². The largest absolute Gasteiger partial charge is 0.497 e. The molecule has 0 N–H and O–H groups in total. The average molecular weight is 1850 g/mol. The highest BCUT2D eigenvalue weighted by Crippen LogP contribution is 2.39. The Kier molecular flexibility index (Phi) is 31.8. The van der Waals surface area contributed by atoms with Crippen LogP contribution in [0.25, 0.3) is 92.1 Å². The standard InChI is InChI=1S/C52H38O.C44H38O5.C40H30O/c1-5-13-41(14-6-1)43-25-29-47(30-26-43)51(45-17-9-3-10-18-45)37-39-21-33-49(34-22-39)53-50-35-23-40(24-36-50)38-52(46-19-11-4-12-20-46)48-31-27-44(28-32-48)42-15-7-2-8-16-42;1-45-37-21-9-33(10-22-37)43(34-11-23-38(46-2)24-12-34)29-31-5-17-41(18-6-31)49-42-19-7-32(8-20-42)30-44(35-13-25-39(47-3)26-14-35)36-15-27-40(48-4)28-16-36;1-5-13-33(14-6-1)39(34-15-7-2-8-16-34)29-31-21-25-37(26-22-31)41-38-27-23-32(24-28-38)30-40(35-17-9-3-10-18-35)36-19-11-4-12-20-36/h1-38H;5-30H,1-4H3;1-30H.